The number of fused-ring (bicyclic) bond motifs is 1. The van der Waals surface area contributed by atoms with Crippen LogP contribution in [0.2, 0.25) is 0 Å². The summed E-state index contributed by atoms with van der Waals surface area (Å²) in [5.74, 6) is 0.589. The smallest absolute Gasteiger partial charge is 0.271 e. The van der Waals surface area contributed by atoms with Crippen molar-refractivity contribution >= 4 is 11.8 Å². The molecule has 0 spiro atoms. The molecule has 2 aliphatic heterocycles. The van der Waals surface area contributed by atoms with E-state index in [-0.39, 0.29) is 43.1 Å². The van der Waals surface area contributed by atoms with Crippen LogP contribution < -0.4 is 20.1 Å². The van der Waals surface area contributed by atoms with Crippen LogP contribution in [0, 0.1) is 0 Å². The zero-order valence-corrected chi connectivity index (χ0v) is 16.8. The van der Waals surface area contributed by atoms with Gasteiger partial charge in [0.25, 0.3) is 11.8 Å². The topological polar surface area (TPSA) is 132 Å². The number of aliphatic hydroxyl groups is 1. The summed E-state index contributed by atoms with van der Waals surface area (Å²) in [5, 5.41) is 15.5. The van der Waals surface area contributed by atoms with Gasteiger partial charge in [0, 0.05) is 24.5 Å². The summed E-state index contributed by atoms with van der Waals surface area (Å²) >= 11 is 0. The van der Waals surface area contributed by atoms with Crippen molar-refractivity contribution in [1.82, 2.24) is 20.6 Å². The third-order valence-electron chi connectivity index (χ3n) is 5.29. The van der Waals surface area contributed by atoms with Crippen molar-refractivity contribution in [3.05, 3.63) is 48.0 Å². The molecule has 164 valence electrons. The van der Waals surface area contributed by atoms with E-state index in [2.05, 4.69) is 20.6 Å². The van der Waals surface area contributed by atoms with Crippen LogP contribution in [0.5, 0.6) is 11.5 Å². The first-order valence-corrected chi connectivity index (χ1v) is 10.1. The van der Waals surface area contributed by atoms with Gasteiger partial charge < -0.3 is 30.0 Å². The molecule has 3 atom stereocenters. The van der Waals surface area contributed by atoms with E-state index in [1.165, 1.54) is 18.6 Å². The number of ether oxygens (including phenoxy) is 3. The SMILES string of the molecule is O=C(N[C@H]1CC[C@@H](CCNC(=O)c2cnccn2)O[C@H]1CO)c1ccc2c(c1)OCO2. The maximum absolute atomic E-state index is 12.6. The number of aliphatic hydroxyl groups excluding tert-OH is 1. The molecule has 31 heavy (non-hydrogen) atoms. The van der Waals surface area contributed by atoms with E-state index < -0.39 is 6.10 Å². The second-order valence-electron chi connectivity index (χ2n) is 7.34. The molecule has 10 heteroatoms. The first kappa shape index (κ1) is 21.0. The van der Waals surface area contributed by atoms with E-state index in [0.717, 1.165) is 0 Å². The van der Waals surface area contributed by atoms with E-state index in [0.29, 0.717) is 42.9 Å². The van der Waals surface area contributed by atoms with Gasteiger partial charge >= 0.3 is 0 Å². The van der Waals surface area contributed by atoms with Gasteiger partial charge in [-0.1, -0.05) is 0 Å². The van der Waals surface area contributed by atoms with Gasteiger partial charge in [-0.3, -0.25) is 14.6 Å². The molecule has 2 aromatic rings. The van der Waals surface area contributed by atoms with E-state index in [9.17, 15) is 14.7 Å². The number of nitrogens with zero attached hydrogens (tertiary/aromatic N) is 2. The number of amides is 2. The molecular weight excluding hydrogens is 404 g/mol. The van der Waals surface area contributed by atoms with Crippen molar-refractivity contribution < 1.29 is 28.9 Å². The summed E-state index contributed by atoms with van der Waals surface area (Å²) in [4.78, 5) is 32.5. The Hall–Kier alpha value is -3.24. The molecule has 0 aliphatic carbocycles. The highest BCUT2D eigenvalue weighted by atomic mass is 16.7. The molecule has 1 aromatic carbocycles. The summed E-state index contributed by atoms with van der Waals surface area (Å²) in [6, 6.07) is 4.69. The molecule has 2 aliphatic rings. The van der Waals surface area contributed by atoms with Gasteiger partial charge in [-0.25, -0.2) is 4.98 Å². The Labute approximate surface area is 178 Å². The van der Waals surface area contributed by atoms with Gasteiger partial charge in [-0.2, -0.15) is 0 Å². The summed E-state index contributed by atoms with van der Waals surface area (Å²) < 4.78 is 16.5. The van der Waals surface area contributed by atoms with Gasteiger partial charge in [-0.05, 0) is 37.5 Å². The number of hydrogen-bond acceptors (Lipinski definition) is 8. The number of benzene rings is 1. The minimum atomic E-state index is -0.521. The number of aromatic nitrogens is 2. The van der Waals surface area contributed by atoms with Crippen molar-refractivity contribution in [2.45, 2.75) is 37.5 Å². The summed E-state index contributed by atoms with van der Waals surface area (Å²) in [5.41, 5.74) is 0.710. The molecule has 3 N–H and O–H groups in total. The Balaban J connectivity index is 1.25. The first-order chi connectivity index (χ1) is 15.1. The molecule has 0 bridgehead atoms. The highest BCUT2D eigenvalue weighted by Gasteiger charge is 2.32. The van der Waals surface area contributed by atoms with Gasteiger partial charge in [0.05, 0.1) is 24.9 Å². The van der Waals surface area contributed by atoms with Crippen molar-refractivity contribution in [2.24, 2.45) is 0 Å². The number of rotatable bonds is 7. The van der Waals surface area contributed by atoms with Crippen LogP contribution in [-0.4, -0.2) is 65.1 Å². The van der Waals surface area contributed by atoms with Crippen molar-refractivity contribution in [1.29, 1.82) is 0 Å². The molecular formula is C21H24N4O6. The normalized spacial score (nSPS) is 22.0. The average Bonchev–Trinajstić information content (AvgIpc) is 3.28. The van der Waals surface area contributed by atoms with Gasteiger partial charge in [0.1, 0.15) is 11.8 Å². The third-order valence-corrected chi connectivity index (χ3v) is 5.29. The molecule has 10 nitrogen and oxygen atoms in total. The van der Waals surface area contributed by atoms with Gasteiger partial charge in [0.15, 0.2) is 11.5 Å². The summed E-state index contributed by atoms with van der Waals surface area (Å²) in [6.07, 6.45) is 5.67. The highest BCUT2D eigenvalue weighted by Crippen LogP contribution is 2.32. The zero-order valence-electron chi connectivity index (χ0n) is 16.8. The van der Waals surface area contributed by atoms with Crippen LogP contribution in [0.4, 0.5) is 0 Å². The lowest BCUT2D eigenvalue weighted by atomic mass is 9.96. The Morgan fingerprint density at radius 2 is 2.00 bits per heavy atom. The Bertz CT molecular complexity index is 925. The molecule has 0 radical (unpaired) electrons. The number of hydrogen-bond donors (Lipinski definition) is 3. The molecule has 0 unspecified atom stereocenters. The molecule has 1 aromatic heterocycles. The third kappa shape index (κ3) is 5.09. The quantitative estimate of drug-likeness (QED) is 0.586. The summed E-state index contributed by atoms with van der Waals surface area (Å²) in [6.45, 7) is 0.338. The van der Waals surface area contributed by atoms with Gasteiger partial charge in [-0.15, -0.1) is 0 Å². The molecule has 1 saturated heterocycles. The molecule has 1 fully saturated rings. The molecule has 2 amide bonds. The average molecular weight is 428 g/mol. The lowest BCUT2D eigenvalue weighted by Gasteiger charge is -2.36. The van der Waals surface area contributed by atoms with Crippen molar-refractivity contribution in [3.63, 3.8) is 0 Å². The fourth-order valence-corrected chi connectivity index (χ4v) is 3.65. The lowest BCUT2D eigenvalue weighted by molar-refractivity contribution is -0.0893. The number of carbonyl (C=O) groups excluding carboxylic acids is 2. The Kier molecular flexibility index (Phi) is 6.58. The number of carbonyl (C=O) groups is 2. The first-order valence-electron chi connectivity index (χ1n) is 10.1. The Morgan fingerprint density at radius 3 is 2.81 bits per heavy atom. The monoisotopic (exact) mass is 428 g/mol. The molecule has 4 rings (SSSR count). The largest absolute Gasteiger partial charge is 0.454 e. The van der Waals surface area contributed by atoms with Crippen LogP contribution in [0.15, 0.2) is 36.8 Å². The second-order valence-corrected chi connectivity index (χ2v) is 7.34. The van der Waals surface area contributed by atoms with E-state index in [1.54, 1.807) is 18.2 Å². The minimum Gasteiger partial charge on any atom is -0.454 e. The highest BCUT2D eigenvalue weighted by molar-refractivity contribution is 5.95. The zero-order chi connectivity index (χ0) is 21.6. The van der Waals surface area contributed by atoms with E-state index in [1.807, 2.05) is 0 Å². The fraction of sp³-hybridized carbons (Fsp3) is 0.429. The molecule has 3 heterocycles. The fourth-order valence-electron chi connectivity index (χ4n) is 3.65. The van der Waals surface area contributed by atoms with E-state index >= 15 is 0 Å². The molecule has 0 saturated carbocycles. The van der Waals surface area contributed by atoms with Crippen LogP contribution in [-0.2, 0) is 4.74 Å². The summed E-state index contributed by atoms with van der Waals surface area (Å²) in [7, 11) is 0. The van der Waals surface area contributed by atoms with Crippen molar-refractivity contribution in [2.75, 3.05) is 19.9 Å². The van der Waals surface area contributed by atoms with Crippen LogP contribution >= 0.6 is 0 Å². The minimum absolute atomic E-state index is 0.127. The van der Waals surface area contributed by atoms with Crippen molar-refractivity contribution in [3.8, 4) is 11.5 Å². The predicted molar refractivity (Wildman–Crippen MR) is 108 cm³/mol. The van der Waals surface area contributed by atoms with Crippen LogP contribution in [0.1, 0.15) is 40.1 Å². The Morgan fingerprint density at radius 1 is 1.13 bits per heavy atom. The lowest BCUT2D eigenvalue weighted by Crippen LogP contribution is -2.51. The maximum atomic E-state index is 12.6. The predicted octanol–water partition coefficient (Wildman–Crippen LogP) is 0.664. The standard InChI is InChI=1S/C21H24N4O6/c26-11-19-15(25-20(27)13-1-4-17-18(9-13)30-12-29-17)3-2-14(31-19)5-6-24-21(28)16-10-22-7-8-23-16/h1,4,7-10,14-15,19,26H,2-3,5-6,11-12H2,(H,24,28)(H,25,27)/t14-,15-,19-/m0/s1. The van der Waals surface area contributed by atoms with Crippen LogP contribution in [0.3, 0.4) is 0 Å². The number of nitrogens with one attached hydrogen (secondary N) is 2. The van der Waals surface area contributed by atoms with Crippen LogP contribution in [0.25, 0.3) is 0 Å². The second kappa shape index (κ2) is 9.71. The maximum Gasteiger partial charge on any atom is 0.271 e. The van der Waals surface area contributed by atoms with Gasteiger partial charge in [0.2, 0.25) is 6.79 Å². The van der Waals surface area contributed by atoms with E-state index in [4.69, 9.17) is 14.2 Å².